The second kappa shape index (κ2) is 8.01. The maximum absolute atomic E-state index is 8.86. The molecule has 0 spiro atoms. The molecule has 0 bridgehead atoms. The number of nitriles is 1. The lowest BCUT2D eigenvalue weighted by Crippen LogP contribution is -2.47. The van der Waals surface area contributed by atoms with Gasteiger partial charge < -0.3 is 15.0 Å². The minimum absolute atomic E-state index is 0.568. The number of ether oxygens (including phenoxy) is 1. The Balaban J connectivity index is 1.60. The highest BCUT2D eigenvalue weighted by molar-refractivity contribution is 7.16. The van der Waals surface area contributed by atoms with Gasteiger partial charge >= 0.3 is 0 Å². The average Bonchev–Trinajstić information content (AvgIpc) is 3.08. The lowest BCUT2D eigenvalue weighted by molar-refractivity contribution is 0.144. The largest absolute Gasteiger partial charge is 0.383 e. The monoisotopic (exact) mass is 345 g/mol. The third-order valence-corrected chi connectivity index (χ3v) is 4.63. The molecule has 0 aliphatic carbocycles. The summed E-state index contributed by atoms with van der Waals surface area (Å²) in [6.45, 7) is 5.57. The van der Waals surface area contributed by atoms with Crippen molar-refractivity contribution in [3.05, 3.63) is 23.5 Å². The molecule has 3 rings (SSSR count). The average molecular weight is 345 g/mol. The molecule has 0 amide bonds. The Morgan fingerprint density at radius 3 is 2.83 bits per heavy atom. The molecule has 0 aromatic carbocycles. The SMILES string of the molecule is COCCN1CCN(c2cc(Nc3ncc(C#N)s3)ncn2)CC1. The molecule has 1 saturated heterocycles. The highest BCUT2D eigenvalue weighted by atomic mass is 32.1. The first-order valence-corrected chi connectivity index (χ1v) is 8.51. The number of aromatic nitrogens is 3. The van der Waals surface area contributed by atoms with Gasteiger partial charge in [-0.25, -0.2) is 15.0 Å². The van der Waals surface area contributed by atoms with Gasteiger partial charge in [0.2, 0.25) is 0 Å². The van der Waals surface area contributed by atoms with Gasteiger partial charge in [0.25, 0.3) is 0 Å². The molecular formula is C15H19N7OS. The van der Waals surface area contributed by atoms with Crippen LogP contribution in [0.3, 0.4) is 0 Å². The molecule has 126 valence electrons. The Morgan fingerprint density at radius 1 is 1.29 bits per heavy atom. The van der Waals surface area contributed by atoms with Crippen LogP contribution in [-0.2, 0) is 4.74 Å². The van der Waals surface area contributed by atoms with Crippen molar-refractivity contribution in [2.75, 3.05) is 56.7 Å². The number of hydrogen-bond acceptors (Lipinski definition) is 9. The van der Waals surface area contributed by atoms with Crippen LogP contribution in [0.5, 0.6) is 0 Å². The summed E-state index contributed by atoms with van der Waals surface area (Å²) in [5, 5.41) is 12.6. The van der Waals surface area contributed by atoms with Crippen LogP contribution >= 0.6 is 11.3 Å². The molecule has 24 heavy (non-hydrogen) atoms. The van der Waals surface area contributed by atoms with Crippen LogP contribution in [0, 0.1) is 11.3 Å². The van der Waals surface area contributed by atoms with Crippen LogP contribution < -0.4 is 10.2 Å². The standard InChI is InChI=1S/C15H19N7OS/c1-23-7-6-21-2-4-22(5-3-21)14-8-13(18-11-19-14)20-15-17-10-12(9-16)24-15/h8,10-11H,2-7H2,1H3,(H,17,18,19,20). The van der Waals surface area contributed by atoms with E-state index in [1.165, 1.54) is 11.3 Å². The van der Waals surface area contributed by atoms with Gasteiger partial charge in [0, 0.05) is 45.9 Å². The minimum atomic E-state index is 0.568. The summed E-state index contributed by atoms with van der Waals surface area (Å²) >= 11 is 1.30. The van der Waals surface area contributed by atoms with Gasteiger partial charge in [0.15, 0.2) is 5.13 Å². The van der Waals surface area contributed by atoms with Crippen LogP contribution in [0.4, 0.5) is 16.8 Å². The first-order valence-electron chi connectivity index (χ1n) is 7.69. The zero-order valence-electron chi connectivity index (χ0n) is 13.5. The van der Waals surface area contributed by atoms with E-state index in [9.17, 15) is 0 Å². The summed E-state index contributed by atoms with van der Waals surface area (Å²) in [6, 6.07) is 3.99. The predicted molar refractivity (Wildman–Crippen MR) is 92.7 cm³/mol. The van der Waals surface area contributed by atoms with Crippen molar-refractivity contribution in [2.24, 2.45) is 0 Å². The third kappa shape index (κ3) is 4.17. The van der Waals surface area contributed by atoms with Crippen molar-refractivity contribution in [3.63, 3.8) is 0 Å². The lowest BCUT2D eigenvalue weighted by atomic mass is 10.3. The highest BCUT2D eigenvalue weighted by Crippen LogP contribution is 2.23. The fourth-order valence-electron chi connectivity index (χ4n) is 2.50. The van der Waals surface area contributed by atoms with E-state index < -0.39 is 0 Å². The minimum Gasteiger partial charge on any atom is -0.383 e. The number of anilines is 3. The van der Waals surface area contributed by atoms with Crippen molar-refractivity contribution in [1.82, 2.24) is 19.9 Å². The van der Waals surface area contributed by atoms with Crippen LogP contribution in [-0.4, -0.2) is 66.3 Å². The van der Waals surface area contributed by atoms with Crippen molar-refractivity contribution >= 4 is 28.1 Å². The zero-order valence-corrected chi connectivity index (χ0v) is 14.3. The van der Waals surface area contributed by atoms with E-state index in [2.05, 4.69) is 36.1 Å². The molecule has 1 N–H and O–H groups in total. The number of nitrogens with one attached hydrogen (secondary N) is 1. The second-order valence-electron chi connectivity index (χ2n) is 5.35. The van der Waals surface area contributed by atoms with Gasteiger partial charge in [-0.2, -0.15) is 5.26 Å². The maximum atomic E-state index is 8.86. The number of nitrogens with zero attached hydrogens (tertiary/aromatic N) is 6. The summed E-state index contributed by atoms with van der Waals surface area (Å²) in [4.78, 5) is 18.0. The Morgan fingerprint density at radius 2 is 2.12 bits per heavy atom. The molecule has 2 aromatic heterocycles. The number of rotatable bonds is 6. The second-order valence-corrected chi connectivity index (χ2v) is 6.38. The molecule has 2 aromatic rings. The molecule has 0 radical (unpaired) electrons. The summed E-state index contributed by atoms with van der Waals surface area (Å²) in [7, 11) is 1.73. The first-order chi connectivity index (χ1) is 11.8. The summed E-state index contributed by atoms with van der Waals surface area (Å²) in [5.41, 5.74) is 0. The van der Waals surface area contributed by atoms with E-state index >= 15 is 0 Å². The Labute approximate surface area is 144 Å². The molecule has 0 atom stereocenters. The van der Waals surface area contributed by atoms with Crippen molar-refractivity contribution < 1.29 is 4.74 Å². The number of hydrogen-bond donors (Lipinski definition) is 1. The molecule has 9 heteroatoms. The number of methoxy groups -OCH3 is 1. The Hall–Kier alpha value is -2.28. The van der Waals surface area contributed by atoms with Crippen molar-refractivity contribution in [2.45, 2.75) is 0 Å². The van der Waals surface area contributed by atoms with E-state index in [-0.39, 0.29) is 0 Å². The molecule has 0 unspecified atom stereocenters. The van der Waals surface area contributed by atoms with Gasteiger partial charge in [-0.1, -0.05) is 11.3 Å². The molecule has 1 aliphatic rings. The first kappa shape index (κ1) is 16.6. The Kier molecular flexibility index (Phi) is 5.53. The van der Waals surface area contributed by atoms with E-state index in [0.29, 0.717) is 15.8 Å². The molecule has 0 saturated carbocycles. The summed E-state index contributed by atoms with van der Waals surface area (Å²) < 4.78 is 5.13. The van der Waals surface area contributed by atoms with E-state index in [0.717, 1.165) is 45.1 Å². The van der Waals surface area contributed by atoms with Gasteiger partial charge in [0.1, 0.15) is 28.9 Å². The van der Waals surface area contributed by atoms with Crippen LogP contribution in [0.1, 0.15) is 4.88 Å². The van der Waals surface area contributed by atoms with Crippen molar-refractivity contribution in [3.8, 4) is 6.07 Å². The molecular weight excluding hydrogens is 326 g/mol. The predicted octanol–water partition coefficient (Wildman–Crippen LogP) is 1.32. The van der Waals surface area contributed by atoms with E-state index in [1.807, 2.05) is 6.07 Å². The summed E-state index contributed by atoms with van der Waals surface area (Å²) in [6.07, 6.45) is 3.10. The normalized spacial score (nSPS) is 15.2. The fraction of sp³-hybridized carbons (Fsp3) is 0.467. The zero-order chi connectivity index (χ0) is 16.8. The molecule has 1 fully saturated rings. The topological polar surface area (TPSA) is 90.2 Å². The van der Waals surface area contributed by atoms with Crippen LogP contribution in [0.2, 0.25) is 0 Å². The van der Waals surface area contributed by atoms with E-state index in [4.69, 9.17) is 10.00 Å². The summed E-state index contributed by atoms with van der Waals surface area (Å²) in [5.74, 6) is 1.58. The van der Waals surface area contributed by atoms with Gasteiger partial charge in [-0.05, 0) is 0 Å². The Bertz CT molecular complexity index is 706. The lowest BCUT2D eigenvalue weighted by Gasteiger charge is -2.35. The fourth-order valence-corrected chi connectivity index (χ4v) is 3.12. The van der Waals surface area contributed by atoms with Crippen LogP contribution in [0.15, 0.2) is 18.6 Å². The van der Waals surface area contributed by atoms with Crippen LogP contribution in [0.25, 0.3) is 0 Å². The molecule has 1 aliphatic heterocycles. The van der Waals surface area contributed by atoms with Gasteiger partial charge in [-0.15, -0.1) is 0 Å². The number of thiazole rings is 1. The van der Waals surface area contributed by atoms with Gasteiger partial charge in [-0.3, -0.25) is 4.90 Å². The third-order valence-electron chi connectivity index (χ3n) is 3.81. The van der Waals surface area contributed by atoms with E-state index in [1.54, 1.807) is 19.6 Å². The maximum Gasteiger partial charge on any atom is 0.189 e. The van der Waals surface area contributed by atoms with Gasteiger partial charge in [0.05, 0.1) is 12.8 Å². The smallest absolute Gasteiger partial charge is 0.189 e. The number of piperazine rings is 1. The molecule has 8 nitrogen and oxygen atoms in total. The van der Waals surface area contributed by atoms with Crippen molar-refractivity contribution in [1.29, 1.82) is 5.26 Å². The quantitative estimate of drug-likeness (QED) is 0.838. The molecule has 3 heterocycles. The highest BCUT2D eigenvalue weighted by Gasteiger charge is 2.18.